The highest BCUT2D eigenvalue weighted by molar-refractivity contribution is 6.16. The predicted octanol–water partition coefficient (Wildman–Crippen LogP) is 3.40. The predicted molar refractivity (Wildman–Crippen MR) is 99.1 cm³/mol. The second kappa shape index (κ2) is 7.74. The molecule has 0 saturated heterocycles. The number of carbonyl (C=O) groups excluding carboxylic acids is 3. The number of Topliss-reactive ketones (excluding diaryl/α,β-unsaturated/α-hetero) is 1. The van der Waals surface area contributed by atoms with E-state index in [1.165, 1.54) is 0 Å². The van der Waals surface area contributed by atoms with Crippen LogP contribution in [0.15, 0.2) is 60.7 Å². The van der Waals surface area contributed by atoms with Crippen LogP contribution in [0.5, 0.6) is 0 Å². The smallest absolute Gasteiger partial charge is 0.324 e. The van der Waals surface area contributed by atoms with E-state index in [4.69, 9.17) is 9.47 Å². The third kappa shape index (κ3) is 3.14. The molecule has 5 nitrogen and oxygen atoms in total. The molecule has 0 amide bonds. The van der Waals surface area contributed by atoms with Gasteiger partial charge in [0.05, 0.1) is 19.1 Å². The first-order valence-corrected chi connectivity index (χ1v) is 9.07. The van der Waals surface area contributed by atoms with Gasteiger partial charge in [-0.3, -0.25) is 14.4 Å². The van der Waals surface area contributed by atoms with Crippen LogP contribution in [0.25, 0.3) is 0 Å². The van der Waals surface area contributed by atoms with Crippen molar-refractivity contribution in [2.24, 2.45) is 11.3 Å². The van der Waals surface area contributed by atoms with Crippen LogP contribution in [-0.2, 0) is 19.1 Å². The average Bonchev–Trinajstić information content (AvgIpc) is 3.40. The molecule has 2 atom stereocenters. The van der Waals surface area contributed by atoms with Gasteiger partial charge in [-0.15, -0.1) is 0 Å². The first-order valence-electron chi connectivity index (χ1n) is 9.07. The van der Waals surface area contributed by atoms with Crippen molar-refractivity contribution in [3.05, 3.63) is 71.8 Å². The van der Waals surface area contributed by atoms with E-state index in [1.54, 1.807) is 38.1 Å². The van der Waals surface area contributed by atoms with Gasteiger partial charge >= 0.3 is 11.9 Å². The van der Waals surface area contributed by atoms with Crippen molar-refractivity contribution in [1.29, 1.82) is 0 Å². The molecule has 0 N–H and O–H groups in total. The van der Waals surface area contributed by atoms with E-state index in [-0.39, 0.29) is 19.0 Å². The fourth-order valence-corrected chi connectivity index (χ4v) is 3.74. The zero-order chi connectivity index (χ0) is 19.4. The molecule has 0 spiro atoms. The van der Waals surface area contributed by atoms with E-state index in [2.05, 4.69) is 0 Å². The third-order valence-corrected chi connectivity index (χ3v) is 4.93. The van der Waals surface area contributed by atoms with Crippen LogP contribution in [0, 0.1) is 11.3 Å². The van der Waals surface area contributed by atoms with E-state index in [9.17, 15) is 14.4 Å². The van der Waals surface area contributed by atoms with E-state index in [0.717, 1.165) is 5.56 Å². The standard InChI is InChI=1S/C22H22O5/c1-3-26-20(24)22(21(25)27-4-2)17(15-11-7-5-8-12-15)18(22)19(23)16-13-9-6-10-14-16/h5-14,17-18H,3-4H2,1-2H3/t17-,18+/m0/s1. The van der Waals surface area contributed by atoms with Crippen LogP contribution in [-0.4, -0.2) is 30.9 Å². The summed E-state index contributed by atoms with van der Waals surface area (Å²) in [5.74, 6) is -3.12. The number of hydrogen-bond acceptors (Lipinski definition) is 5. The van der Waals surface area contributed by atoms with Crippen LogP contribution < -0.4 is 0 Å². The quantitative estimate of drug-likeness (QED) is 0.427. The zero-order valence-electron chi connectivity index (χ0n) is 15.4. The summed E-state index contributed by atoms with van der Waals surface area (Å²) in [7, 11) is 0. The van der Waals surface area contributed by atoms with Crippen molar-refractivity contribution in [3.8, 4) is 0 Å². The Morgan fingerprint density at radius 2 is 1.30 bits per heavy atom. The molecule has 0 aromatic heterocycles. The molecule has 2 aromatic carbocycles. The lowest BCUT2D eigenvalue weighted by atomic mass is 9.97. The minimum absolute atomic E-state index is 0.119. The lowest BCUT2D eigenvalue weighted by Crippen LogP contribution is -2.34. The van der Waals surface area contributed by atoms with Gasteiger partial charge in [0.15, 0.2) is 11.2 Å². The maximum atomic E-state index is 13.2. The number of hydrogen-bond donors (Lipinski definition) is 0. The topological polar surface area (TPSA) is 69.7 Å². The van der Waals surface area contributed by atoms with Gasteiger partial charge in [-0.1, -0.05) is 60.7 Å². The summed E-state index contributed by atoms with van der Waals surface area (Å²) >= 11 is 0. The molecule has 0 aliphatic heterocycles. The molecule has 1 aliphatic rings. The fourth-order valence-electron chi connectivity index (χ4n) is 3.74. The monoisotopic (exact) mass is 366 g/mol. The highest BCUT2D eigenvalue weighted by Crippen LogP contribution is 2.67. The number of carbonyl (C=O) groups is 3. The van der Waals surface area contributed by atoms with Crippen LogP contribution in [0.1, 0.15) is 35.7 Å². The molecule has 0 bridgehead atoms. The minimum Gasteiger partial charge on any atom is -0.465 e. The second-order valence-corrected chi connectivity index (χ2v) is 6.41. The van der Waals surface area contributed by atoms with Gasteiger partial charge in [0.1, 0.15) is 0 Å². The summed E-state index contributed by atoms with van der Waals surface area (Å²) in [6, 6.07) is 17.8. The lowest BCUT2D eigenvalue weighted by Gasteiger charge is -2.15. The molecule has 1 saturated carbocycles. The Hall–Kier alpha value is -2.95. The van der Waals surface area contributed by atoms with Crippen molar-refractivity contribution < 1.29 is 23.9 Å². The Labute approximate surface area is 158 Å². The molecule has 0 radical (unpaired) electrons. The first kappa shape index (κ1) is 18.8. The summed E-state index contributed by atoms with van der Waals surface area (Å²) in [6.45, 7) is 3.58. The largest absolute Gasteiger partial charge is 0.465 e. The molecule has 0 heterocycles. The van der Waals surface area contributed by atoms with E-state index < -0.39 is 29.2 Å². The highest BCUT2D eigenvalue weighted by atomic mass is 16.6. The first-order chi connectivity index (χ1) is 13.1. The number of benzene rings is 2. The Kier molecular flexibility index (Phi) is 5.40. The second-order valence-electron chi connectivity index (χ2n) is 6.41. The van der Waals surface area contributed by atoms with Gasteiger partial charge < -0.3 is 9.47 Å². The van der Waals surface area contributed by atoms with Gasteiger partial charge in [-0.2, -0.15) is 0 Å². The van der Waals surface area contributed by atoms with E-state index in [0.29, 0.717) is 5.56 Å². The Balaban J connectivity index is 2.10. The fraction of sp³-hybridized carbons (Fsp3) is 0.318. The Morgan fingerprint density at radius 1 is 0.815 bits per heavy atom. The van der Waals surface area contributed by atoms with Gasteiger partial charge in [0.2, 0.25) is 0 Å². The third-order valence-electron chi connectivity index (χ3n) is 4.93. The lowest BCUT2D eigenvalue weighted by molar-refractivity contribution is -0.165. The van der Waals surface area contributed by atoms with Crippen molar-refractivity contribution in [2.75, 3.05) is 13.2 Å². The van der Waals surface area contributed by atoms with Crippen molar-refractivity contribution in [1.82, 2.24) is 0 Å². The molecule has 0 unspecified atom stereocenters. The van der Waals surface area contributed by atoms with Gasteiger partial charge in [0, 0.05) is 11.5 Å². The van der Waals surface area contributed by atoms with Gasteiger partial charge in [-0.25, -0.2) is 0 Å². The molecule has 5 heteroatoms. The number of esters is 2. The maximum absolute atomic E-state index is 13.2. The molecule has 27 heavy (non-hydrogen) atoms. The van der Waals surface area contributed by atoms with Gasteiger partial charge in [0.25, 0.3) is 0 Å². The summed E-state index contributed by atoms with van der Waals surface area (Å²) < 4.78 is 10.4. The van der Waals surface area contributed by atoms with Crippen LogP contribution in [0.2, 0.25) is 0 Å². The van der Waals surface area contributed by atoms with E-state index in [1.807, 2.05) is 36.4 Å². The molecular formula is C22H22O5. The molecule has 1 fully saturated rings. The van der Waals surface area contributed by atoms with Gasteiger partial charge in [-0.05, 0) is 19.4 Å². The van der Waals surface area contributed by atoms with E-state index >= 15 is 0 Å². The molecule has 3 rings (SSSR count). The highest BCUT2D eigenvalue weighted by Gasteiger charge is 2.79. The summed E-state index contributed by atoms with van der Waals surface area (Å²) in [5, 5.41) is 0. The van der Waals surface area contributed by atoms with Crippen molar-refractivity contribution in [2.45, 2.75) is 19.8 Å². The summed E-state index contributed by atoms with van der Waals surface area (Å²) in [5.41, 5.74) is -0.438. The average molecular weight is 366 g/mol. The van der Waals surface area contributed by atoms with Crippen molar-refractivity contribution in [3.63, 3.8) is 0 Å². The minimum atomic E-state index is -1.64. The van der Waals surface area contributed by atoms with Crippen LogP contribution in [0.4, 0.5) is 0 Å². The van der Waals surface area contributed by atoms with Crippen molar-refractivity contribution >= 4 is 17.7 Å². The Bertz CT molecular complexity index is 810. The molecule has 140 valence electrons. The number of rotatable bonds is 7. The number of ether oxygens (including phenoxy) is 2. The summed E-state index contributed by atoms with van der Waals surface area (Å²) in [6.07, 6.45) is 0. The van der Waals surface area contributed by atoms with Crippen LogP contribution in [0.3, 0.4) is 0 Å². The number of ketones is 1. The molecule has 2 aromatic rings. The molecular weight excluding hydrogens is 344 g/mol. The summed E-state index contributed by atoms with van der Waals surface area (Å²) in [4.78, 5) is 39.0. The zero-order valence-corrected chi connectivity index (χ0v) is 15.4. The molecule has 1 aliphatic carbocycles. The van der Waals surface area contributed by atoms with Crippen LogP contribution >= 0.6 is 0 Å². The maximum Gasteiger partial charge on any atom is 0.324 e. The SMILES string of the molecule is CCOC(=O)C1(C(=O)OCC)[C@@H](C(=O)c2ccccc2)[C@@H]1c1ccccc1. The Morgan fingerprint density at radius 3 is 1.78 bits per heavy atom. The normalized spacial score (nSPS) is 19.8.